The number of hydrogen-bond acceptors (Lipinski definition) is 2. The molecule has 0 spiro atoms. The predicted octanol–water partition coefficient (Wildman–Crippen LogP) is 2.16. The molecule has 1 aliphatic heterocycles. The standard InChI is InChI=1S/C9H9N5O/c10-13-12-7-3-1-2-4-8(7)14-6-5-11-9(14)15/h1-4H,5-6H2,(H,11,15). The summed E-state index contributed by atoms with van der Waals surface area (Å²) in [5.74, 6) is 0. The fourth-order valence-corrected chi connectivity index (χ4v) is 1.53. The van der Waals surface area contributed by atoms with E-state index >= 15 is 0 Å². The third-order valence-corrected chi connectivity index (χ3v) is 2.18. The number of rotatable bonds is 2. The second-order valence-electron chi connectivity index (χ2n) is 3.06. The molecule has 1 aromatic carbocycles. The molecular weight excluding hydrogens is 194 g/mol. The number of urea groups is 1. The Hall–Kier alpha value is -2.20. The van der Waals surface area contributed by atoms with E-state index in [-0.39, 0.29) is 6.03 Å². The van der Waals surface area contributed by atoms with Gasteiger partial charge in [0.25, 0.3) is 0 Å². The molecule has 1 fully saturated rings. The molecule has 1 heterocycles. The number of nitrogens with zero attached hydrogens (tertiary/aromatic N) is 4. The number of anilines is 1. The summed E-state index contributed by atoms with van der Waals surface area (Å²) in [4.78, 5) is 15.7. The minimum absolute atomic E-state index is 0.157. The maximum Gasteiger partial charge on any atom is 0.322 e. The Morgan fingerprint density at radius 3 is 2.93 bits per heavy atom. The van der Waals surface area contributed by atoms with E-state index < -0.39 is 0 Å². The monoisotopic (exact) mass is 203 g/mol. The van der Waals surface area contributed by atoms with E-state index in [0.29, 0.717) is 24.5 Å². The van der Waals surface area contributed by atoms with Crippen molar-refractivity contribution in [2.24, 2.45) is 5.11 Å². The van der Waals surface area contributed by atoms with Crippen LogP contribution in [-0.2, 0) is 0 Å². The topological polar surface area (TPSA) is 81.1 Å². The van der Waals surface area contributed by atoms with Crippen molar-refractivity contribution < 1.29 is 4.79 Å². The van der Waals surface area contributed by atoms with Crippen molar-refractivity contribution in [3.8, 4) is 0 Å². The van der Waals surface area contributed by atoms with E-state index in [9.17, 15) is 4.79 Å². The lowest BCUT2D eigenvalue weighted by atomic mass is 10.2. The van der Waals surface area contributed by atoms with Crippen LogP contribution < -0.4 is 10.2 Å². The average Bonchev–Trinajstić information content (AvgIpc) is 2.66. The molecule has 0 saturated carbocycles. The van der Waals surface area contributed by atoms with Crippen LogP contribution in [0.2, 0.25) is 0 Å². The number of azide groups is 1. The van der Waals surface area contributed by atoms with E-state index in [1.807, 2.05) is 0 Å². The number of carbonyl (C=O) groups excluding carboxylic acids is 1. The van der Waals surface area contributed by atoms with Gasteiger partial charge in [-0.1, -0.05) is 23.3 Å². The zero-order valence-electron chi connectivity index (χ0n) is 7.92. The highest BCUT2D eigenvalue weighted by Gasteiger charge is 2.22. The number of benzene rings is 1. The second-order valence-corrected chi connectivity index (χ2v) is 3.06. The first kappa shape index (κ1) is 9.36. The van der Waals surface area contributed by atoms with Gasteiger partial charge in [0.15, 0.2) is 0 Å². The first-order valence-electron chi connectivity index (χ1n) is 4.52. The molecule has 6 nitrogen and oxygen atoms in total. The van der Waals surface area contributed by atoms with Crippen LogP contribution in [0.15, 0.2) is 29.4 Å². The average molecular weight is 203 g/mol. The molecule has 1 aliphatic rings. The smallest absolute Gasteiger partial charge is 0.322 e. The van der Waals surface area contributed by atoms with Crippen LogP contribution in [0.3, 0.4) is 0 Å². The minimum Gasteiger partial charge on any atom is -0.336 e. The van der Waals surface area contributed by atoms with E-state index in [4.69, 9.17) is 5.53 Å². The lowest BCUT2D eigenvalue weighted by molar-refractivity contribution is 0.252. The summed E-state index contributed by atoms with van der Waals surface area (Å²) in [5.41, 5.74) is 9.51. The molecule has 2 rings (SSSR count). The predicted molar refractivity (Wildman–Crippen MR) is 56.0 cm³/mol. The molecule has 6 heteroatoms. The van der Waals surface area contributed by atoms with Gasteiger partial charge in [-0.25, -0.2) is 4.79 Å². The third kappa shape index (κ3) is 1.70. The normalized spacial score (nSPS) is 14.7. The van der Waals surface area contributed by atoms with Crippen molar-refractivity contribution in [1.29, 1.82) is 0 Å². The zero-order valence-corrected chi connectivity index (χ0v) is 7.92. The Labute approximate surface area is 86.1 Å². The molecule has 1 saturated heterocycles. The number of para-hydroxylation sites is 1. The summed E-state index contributed by atoms with van der Waals surface area (Å²) in [6.45, 7) is 1.21. The lowest BCUT2D eigenvalue weighted by Gasteiger charge is -2.15. The molecule has 2 amide bonds. The number of hydrogen-bond donors (Lipinski definition) is 1. The SMILES string of the molecule is [N-]=[N+]=Nc1ccccc1N1CCNC1=O. The van der Waals surface area contributed by atoms with E-state index in [2.05, 4.69) is 15.3 Å². The Balaban J connectivity index is 2.42. The van der Waals surface area contributed by atoms with Crippen LogP contribution in [0, 0.1) is 0 Å². The minimum atomic E-state index is -0.157. The van der Waals surface area contributed by atoms with Gasteiger partial charge in [-0.2, -0.15) is 0 Å². The number of nitrogens with one attached hydrogen (secondary N) is 1. The summed E-state index contributed by atoms with van der Waals surface area (Å²) >= 11 is 0. The Bertz CT molecular complexity index is 438. The van der Waals surface area contributed by atoms with Gasteiger partial charge in [-0.3, -0.25) is 4.90 Å². The van der Waals surface area contributed by atoms with Gasteiger partial charge >= 0.3 is 6.03 Å². The summed E-state index contributed by atoms with van der Waals surface area (Å²) in [6, 6.07) is 6.85. The van der Waals surface area contributed by atoms with Crippen molar-refractivity contribution in [3.05, 3.63) is 34.7 Å². The molecule has 0 unspecified atom stereocenters. The van der Waals surface area contributed by atoms with Crippen molar-refractivity contribution in [3.63, 3.8) is 0 Å². The first-order valence-corrected chi connectivity index (χ1v) is 4.52. The van der Waals surface area contributed by atoms with Crippen LogP contribution >= 0.6 is 0 Å². The lowest BCUT2D eigenvalue weighted by Crippen LogP contribution is -2.27. The van der Waals surface area contributed by atoms with Crippen LogP contribution in [-0.4, -0.2) is 19.1 Å². The summed E-state index contributed by atoms with van der Waals surface area (Å²) < 4.78 is 0. The van der Waals surface area contributed by atoms with Crippen molar-refractivity contribution in [1.82, 2.24) is 5.32 Å². The Kier molecular flexibility index (Phi) is 2.43. The van der Waals surface area contributed by atoms with Gasteiger partial charge in [-0.15, -0.1) is 0 Å². The third-order valence-electron chi connectivity index (χ3n) is 2.18. The molecular formula is C9H9N5O. The van der Waals surface area contributed by atoms with E-state index in [1.165, 1.54) is 0 Å². The highest BCUT2D eigenvalue weighted by Crippen LogP contribution is 2.29. The second kappa shape index (κ2) is 3.89. The largest absolute Gasteiger partial charge is 0.336 e. The van der Waals surface area contributed by atoms with Gasteiger partial charge < -0.3 is 5.32 Å². The van der Waals surface area contributed by atoms with Crippen LogP contribution in [0.25, 0.3) is 10.4 Å². The van der Waals surface area contributed by atoms with Gasteiger partial charge in [0.05, 0.1) is 11.4 Å². The molecule has 1 aromatic rings. The van der Waals surface area contributed by atoms with Gasteiger partial charge in [-0.05, 0) is 11.6 Å². The maximum atomic E-state index is 11.4. The highest BCUT2D eigenvalue weighted by molar-refractivity contribution is 5.96. The first-order chi connectivity index (χ1) is 7.33. The van der Waals surface area contributed by atoms with Gasteiger partial charge in [0, 0.05) is 18.0 Å². The van der Waals surface area contributed by atoms with Crippen LogP contribution in [0.4, 0.5) is 16.2 Å². The Morgan fingerprint density at radius 2 is 2.27 bits per heavy atom. The molecule has 15 heavy (non-hydrogen) atoms. The fraction of sp³-hybridized carbons (Fsp3) is 0.222. The summed E-state index contributed by atoms with van der Waals surface area (Å²) in [5, 5.41) is 6.23. The zero-order chi connectivity index (χ0) is 10.7. The maximum absolute atomic E-state index is 11.4. The van der Waals surface area contributed by atoms with E-state index in [1.54, 1.807) is 29.2 Å². The number of amides is 2. The van der Waals surface area contributed by atoms with Crippen molar-refractivity contribution in [2.75, 3.05) is 18.0 Å². The van der Waals surface area contributed by atoms with Crippen LogP contribution in [0.5, 0.6) is 0 Å². The highest BCUT2D eigenvalue weighted by atomic mass is 16.2. The Morgan fingerprint density at radius 1 is 1.47 bits per heavy atom. The molecule has 1 N–H and O–H groups in total. The quantitative estimate of drug-likeness (QED) is 0.446. The molecule has 76 valence electrons. The molecule has 0 aliphatic carbocycles. The van der Waals surface area contributed by atoms with Crippen molar-refractivity contribution in [2.45, 2.75) is 0 Å². The molecule has 0 atom stereocenters. The van der Waals surface area contributed by atoms with Crippen molar-refractivity contribution >= 4 is 17.4 Å². The van der Waals surface area contributed by atoms with Gasteiger partial charge in [0.1, 0.15) is 0 Å². The van der Waals surface area contributed by atoms with E-state index in [0.717, 1.165) is 0 Å². The molecule has 0 radical (unpaired) electrons. The molecule has 0 aromatic heterocycles. The number of carbonyl (C=O) groups is 1. The fourth-order valence-electron chi connectivity index (χ4n) is 1.53. The van der Waals surface area contributed by atoms with Gasteiger partial charge in [0.2, 0.25) is 0 Å². The summed E-state index contributed by atoms with van der Waals surface area (Å²) in [7, 11) is 0. The van der Waals surface area contributed by atoms with Crippen LogP contribution in [0.1, 0.15) is 0 Å². The summed E-state index contributed by atoms with van der Waals surface area (Å²) in [6.07, 6.45) is 0. The molecule has 0 bridgehead atoms.